The van der Waals surface area contributed by atoms with Gasteiger partial charge in [-0.25, -0.2) is 0 Å². The second-order valence-electron chi connectivity index (χ2n) is 8.79. The molecule has 0 saturated carbocycles. The molecule has 2 aliphatic heterocycles. The Bertz CT molecular complexity index is 935. The largest absolute Gasteiger partial charge is 0.497 e. The highest BCUT2D eigenvalue weighted by Crippen LogP contribution is 2.30. The zero-order chi connectivity index (χ0) is 23.2. The summed E-state index contributed by atoms with van der Waals surface area (Å²) in [6.07, 6.45) is 3.31. The van der Waals surface area contributed by atoms with Crippen molar-refractivity contribution in [2.75, 3.05) is 46.9 Å². The zero-order valence-corrected chi connectivity index (χ0v) is 19.5. The van der Waals surface area contributed by atoms with Crippen molar-refractivity contribution < 1.29 is 19.1 Å². The average Bonchev–Trinajstić information content (AvgIpc) is 3.38. The van der Waals surface area contributed by atoms with E-state index in [1.54, 1.807) is 18.2 Å². The average molecular weight is 452 g/mol. The summed E-state index contributed by atoms with van der Waals surface area (Å²) in [7, 11) is 3.07. The summed E-state index contributed by atoms with van der Waals surface area (Å²) in [5, 5.41) is 2.74. The highest BCUT2D eigenvalue weighted by Gasteiger charge is 2.32. The lowest BCUT2D eigenvalue weighted by molar-refractivity contribution is -0.129. The van der Waals surface area contributed by atoms with Crippen LogP contribution in [0.5, 0.6) is 11.5 Å². The maximum absolute atomic E-state index is 12.7. The second-order valence-corrected chi connectivity index (χ2v) is 8.79. The maximum atomic E-state index is 12.7. The Balaban J connectivity index is 1.24. The topological polar surface area (TPSA) is 71.1 Å². The molecule has 0 radical (unpaired) electrons. The number of ether oxygens (including phenoxy) is 2. The molecule has 2 aromatic carbocycles. The molecule has 0 bridgehead atoms. The molecule has 2 saturated heterocycles. The van der Waals surface area contributed by atoms with Crippen molar-refractivity contribution in [1.82, 2.24) is 15.1 Å². The van der Waals surface area contributed by atoms with Crippen LogP contribution in [-0.2, 0) is 4.79 Å². The van der Waals surface area contributed by atoms with Gasteiger partial charge in [-0.1, -0.05) is 30.3 Å². The first-order valence-corrected chi connectivity index (χ1v) is 11.7. The first kappa shape index (κ1) is 23.1. The number of piperidine rings is 1. The summed E-state index contributed by atoms with van der Waals surface area (Å²) in [4.78, 5) is 29.7. The quantitative estimate of drug-likeness (QED) is 0.701. The molecule has 2 aliphatic rings. The number of rotatable bonds is 7. The molecule has 4 rings (SSSR count). The van der Waals surface area contributed by atoms with E-state index in [4.69, 9.17) is 9.47 Å². The highest BCUT2D eigenvalue weighted by molar-refractivity contribution is 5.97. The summed E-state index contributed by atoms with van der Waals surface area (Å²) in [6, 6.07) is 16.1. The number of carbonyl (C=O) groups excluding carboxylic acids is 2. The lowest BCUT2D eigenvalue weighted by Gasteiger charge is -2.36. The molecule has 0 spiro atoms. The van der Waals surface area contributed by atoms with Crippen LogP contribution in [0.15, 0.2) is 48.5 Å². The predicted octanol–water partition coefficient (Wildman–Crippen LogP) is 2.91. The predicted molar refractivity (Wildman–Crippen MR) is 127 cm³/mol. The van der Waals surface area contributed by atoms with E-state index >= 15 is 0 Å². The smallest absolute Gasteiger partial charge is 0.251 e. The number of amides is 2. The Morgan fingerprint density at radius 3 is 2.24 bits per heavy atom. The lowest BCUT2D eigenvalue weighted by atomic mass is 9.89. The number of hydrogen-bond acceptors (Lipinski definition) is 5. The summed E-state index contributed by atoms with van der Waals surface area (Å²) in [5.41, 5.74) is 1.84. The molecular formula is C26H33N3O4. The molecule has 2 fully saturated rings. The number of nitrogens with zero attached hydrogens (tertiary/aromatic N) is 2. The standard InChI is InChI=1S/C26H33N3O4/c1-32-23-14-21(15-24(16-23)33-2)26(31)27-17-25(30)29-13-10-22(18-29)28-11-8-20(9-12-28)19-6-4-3-5-7-19/h3-7,14-16,20,22H,8-13,17-18H2,1-2H3,(H,27,31). The van der Waals surface area contributed by atoms with Gasteiger partial charge in [0.1, 0.15) is 11.5 Å². The van der Waals surface area contributed by atoms with Crippen molar-refractivity contribution in [2.24, 2.45) is 0 Å². The Kier molecular flexibility index (Phi) is 7.50. The van der Waals surface area contributed by atoms with Crippen molar-refractivity contribution in [3.63, 3.8) is 0 Å². The molecule has 7 nitrogen and oxygen atoms in total. The van der Waals surface area contributed by atoms with Crippen molar-refractivity contribution in [3.05, 3.63) is 59.7 Å². The van der Waals surface area contributed by atoms with Crippen LogP contribution < -0.4 is 14.8 Å². The minimum absolute atomic E-state index is 0.0127. The van der Waals surface area contributed by atoms with Crippen LogP contribution in [0.25, 0.3) is 0 Å². The summed E-state index contributed by atoms with van der Waals surface area (Å²) < 4.78 is 10.4. The first-order valence-electron chi connectivity index (χ1n) is 11.7. The van der Waals surface area contributed by atoms with E-state index in [1.165, 1.54) is 19.8 Å². The van der Waals surface area contributed by atoms with Crippen molar-refractivity contribution >= 4 is 11.8 Å². The van der Waals surface area contributed by atoms with Gasteiger partial charge in [0.2, 0.25) is 5.91 Å². The molecule has 1 atom stereocenters. The van der Waals surface area contributed by atoms with E-state index in [-0.39, 0.29) is 18.4 Å². The number of hydrogen-bond donors (Lipinski definition) is 1. The van der Waals surface area contributed by atoms with Crippen molar-refractivity contribution in [3.8, 4) is 11.5 Å². The molecule has 33 heavy (non-hydrogen) atoms. The van der Waals surface area contributed by atoms with Gasteiger partial charge in [-0.05, 0) is 56.0 Å². The Morgan fingerprint density at radius 1 is 0.939 bits per heavy atom. The van der Waals surface area contributed by atoms with E-state index in [0.717, 1.165) is 45.4 Å². The monoisotopic (exact) mass is 451 g/mol. The van der Waals surface area contributed by atoms with Crippen molar-refractivity contribution in [2.45, 2.75) is 31.2 Å². The molecule has 0 aliphatic carbocycles. The third-order valence-electron chi connectivity index (χ3n) is 6.85. The lowest BCUT2D eigenvalue weighted by Crippen LogP contribution is -2.44. The van der Waals surface area contributed by atoms with Gasteiger partial charge in [0.05, 0.1) is 20.8 Å². The Morgan fingerprint density at radius 2 is 1.61 bits per heavy atom. The minimum atomic E-state index is -0.320. The molecule has 2 heterocycles. The van der Waals surface area contributed by atoms with Gasteiger partial charge >= 0.3 is 0 Å². The number of methoxy groups -OCH3 is 2. The fourth-order valence-electron chi connectivity index (χ4n) is 4.90. The van der Waals surface area contributed by atoms with E-state index < -0.39 is 0 Å². The minimum Gasteiger partial charge on any atom is -0.497 e. The fourth-order valence-corrected chi connectivity index (χ4v) is 4.90. The molecule has 1 unspecified atom stereocenters. The summed E-state index contributed by atoms with van der Waals surface area (Å²) >= 11 is 0. The van der Waals surface area contributed by atoms with Crippen molar-refractivity contribution in [1.29, 1.82) is 0 Å². The van der Waals surface area contributed by atoms with Crippen LogP contribution in [0.1, 0.15) is 41.1 Å². The van der Waals surface area contributed by atoms with Crippen LogP contribution in [0, 0.1) is 0 Å². The van der Waals surface area contributed by atoms with Crippen LogP contribution in [0.2, 0.25) is 0 Å². The Labute approximate surface area is 195 Å². The van der Waals surface area contributed by atoms with Gasteiger partial charge in [0.25, 0.3) is 5.91 Å². The van der Waals surface area contributed by atoms with Crippen LogP contribution in [-0.4, -0.2) is 74.6 Å². The van der Waals surface area contributed by atoms with E-state index in [9.17, 15) is 9.59 Å². The fraction of sp³-hybridized carbons (Fsp3) is 0.462. The van der Waals surface area contributed by atoms with E-state index in [2.05, 4.69) is 40.5 Å². The van der Waals surface area contributed by atoms with Crippen LogP contribution in [0.4, 0.5) is 0 Å². The number of nitrogens with one attached hydrogen (secondary N) is 1. The third kappa shape index (κ3) is 5.66. The van der Waals surface area contributed by atoms with Gasteiger partial charge in [0.15, 0.2) is 0 Å². The summed E-state index contributed by atoms with van der Waals surface area (Å²) in [5.74, 6) is 1.33. The molecular weight excluding hydrogens is 418 g/mol. The molecule has 1 N–H and O–H groups in total. The zero-order valence-electron chi connectivity index (χ0n) is 19.5. The van der Waals surface area contributed by atoms with Gasteiger partial charge in [0, 0.05) is 30.8 Å². The van der Waals surface area contributed by atoms with Gasteiger partial charge < -0.3 is 19.7 Å². The summed E-state index contributed by atoms with van der Waals surface area (Å²) in [6.45, 7) is 3.60. The van der Waals surface area contributed by atoms with Gasteiger partial charge in [-0.3, -0.25) is 14.5 Å². The molecule has 2 aromatic rings. The van der Waals surface area contributed by atoms with Crippen LogP contribution >= 0.6 is 0 Å². The number of benzene rings is 2. The third-order valence-corrected chi connectivity index (χ3v) is 6.85. The van der Waals surface area contributed by atoms with Gasteiger partial charge in [-0.15, -0.1) is 0 Å². The van der Waals surface area contributed by atoms with Crippen LogP contribution in [0.3, 0.4) is 0 Å². The molecule has 0 aromatic heterocycles. The van der Waals surface area contributed by atoms with E-state index in [0.29, 0.717) is 29.0 Å². The molecule has 7 heteroatoms. The van der Waals surface area contributed by atoms with E-state index in [1.807, 2.05) is 4.90 Å². The molecule has 2 amide bonds. The first-order chi connectivity index (χ1) is 16.1. The highest BCUT2D eigenvalue weighted by atomic mass is 16.5. The normalized spacial score (nSPS) is 19.3. The Hall–Kier alpha value is -3.06. The molecule has 176 valence electrons. The number of carbonyl (C=O) groups is 2. The SMILES string of the molecule is COc1cc(OC)cc(C(=O)NCC(=O)N2CCC(N3CCC(c4ccccc4)CC3)C2)c1. The number of likely N-dealkylation sites (tertiary alicyclic amines) is 2. The second kappa shape index (κ2) is 10.7. The van der Waals surface area contributed by atoms with Gasteiger partial charge in [-0.2, -0.15) is 0 Å². The maximum Gasteiger partial charge on any atom is 0.251 e.